The molecule has 2 rings (SSSR count). The summed E-state index contributed by atoms with van der Waals surface area (Å²) >= 11 is 0. The average molecular weight is 346 g/mol. The van der Waals surface area contributed by atoms with Gasteiger partial charge >= 0.3 is 0 Å². The minimum Gasteiger partial charge on any atom is -0.322 e. The van der Waals surface area contributed by atoms with Gasteiger partial charge in [0, 0.05) is 24.1 Å². The van der Waals surface area contributed by atoms with Gasteiger partial charge in [-0.15, -0.1) is 0 Å². The second-order valence-electron chi connectivity index (χ2n) is 5.66. The van der Waals surface area contributed by atoms with Crippen LogP contribution in [0.15, 0.2) is 48.5 Å². The van der Waals surface area contributed by atoms with Gasteiger partial charge in [-0.2, -0.15) is 0 Å². The van der Waals surface area contributed by atoms with Gasteiger partial charge in [0.2, 0.25) is 0 Å². The van der Waals surface area contributed by atoms with Crippen LogP contribution in [0.25, 0.3) is 0 Å². The highest BCUT2D eigenvalue weighted by Crippen LogP contribution is 2.16. The fourth-order valence-electron chi connectivity index (χ4n) is 2.31. The van der Waals surface area contributed by atoms with E-state index >= 15 is 0 Å². The maximum Gasteiger partial charge on any atom is 0.255 e. The zero-order valence-corrected chi connectivity index (χ0v) is 14.7. The average Bonchev–Trinajstić information content (AvgIpc) is 2.53. The molecule has 0 fully saturated rings. The molecule has 0 bridgehead atoms. The monoisotopic (exact) mass is 346 g/mol. The SMILES string of the molecule is CCNCc1ccccc1NC(=O)c1ccc(CS(C)(=O)=O)cc1. The molecule has 6 heteroatoms. The zero-order chi connectivity index (χ0) is 17.6. The van der Waals surface area contributed by atoms with E-state index in [1.54, 1.807) is 24.3 Å². The Labute approximate surface area is 143 Å². The Kier molecular flexibility index (Phi) is 6.11. The Hall–Kier alpha value is -2.18. The molecular formula is C18H22N2O3S. The summed E-state index contributed by atoms with van der Waals surface area (Å²) in [7, 11) is -3.08. The van der Waals surface area contributed by atoms with E-state index in [2.05, 4.69) is 10.6 Å². The molecule has 0 saturated carbocycles. The Balaban J connectivity index is 2.10. The maximum atomic E-state index is 12.4. The molecule has 5 nitrogen and oxygen atoms in total. The van der Waals surface area contributed by atoms with E-state index in [0.717, 1.165) is 17.8 Å². The van der Waals surface area contributed by atoms with Crippen molar-refractivity contribution in [1.29, 1.82) is 0 Å². The van der Waals surface area contributed by atoms with Crippen LogP contribution in [0.5, 0.6) is 0 Å². The van der Waals surface area contributed by atoms with E-state index in [9.17, 15) is 13.2 Å². The summed E-state index contributed by atoms with van der Waals surface area (Å²) in [6, 6.07) is 14.3. The number of benzene rings is 2. The van der Waals surface area contributed by atoms with Crippen LogP contribution in [-0.4, -0.2) is 27.1 Å². The van der Waals surface area contributed by atoms with Crippen LogP contribution in [0.1, 0.15) is 28.4 Å². The first-order valence-electron chi connectivity index (χ1n) is 7.75. The Morgan fingerprint density at radius 1 is 1.04 bits per heavy atom. The number of carbonyl (C=O) groups excluding carboxylic acids is 1. The largest absolute Gasteiger partial charge is 0.322 e. The van der Waals surface area contributed by atoms with E-state index in [4.69, 9.17) is 0 Å². The van der Waals surface area contributed by atoms with Gasteiger partial charge in [0.25, 0.3) is 5.91 Å². The van der Waals surface area contributed by atoms with Crippen molar-refractivity contribution in [2.45, 2.75) is 19.2 Å². The summed E-state index contributed by atoms with van der Waals surface area (Å²) in [5.41, 5.74) is 2.94. The normalized spacial score (nSPS) is 11.2. The number of anilines is 1. The topological polar surface area (TPSA) is 75.3 Å². The Bertz CT molecular complexity index is 799. The third-order valence-electron chi connectivity index (χ3n) is 3.48. The van der Waals surface area contributed by atoms with Crippen LogP contribution in [0.2, 0.25) is 0 Å². The van der Waals surface area contributed by atoms with E-state index in [1.807, 2.05) is 31.2 Å². The predicted molar refractivity (Wildman–Crippen MR) is 96.8 cm³/mol. The summed E-state index contributed by atoms with van der Waals surface area (Å²) in [6.45, 7) is 3.56. The lowest BCUT2D eigenvalue weighted by Crippen LogP contribution is -2.17. The van der Waals surface area contributed by atoms with Crippen molar-refractivity contribution in [2.75, 3.05) is 18.1 Å². The molecule has 0 unspecified atom stereocenters. The van der Waals surface area contributed by atoms with Crippen LogP contribution in [0, 0.1) is 0 Å². The Morgan fingerprint density at radius 3 is 2.33 bits per heavy atom. The van der Waals surface area contributed by atoms with Crippen LogP contribution >= 0.6 is 0 Å². The minimum atomic E-state index is -3.08. The molecule has 2 N–H and O–H groups in total. The Morgan fingerprint density at radius 2 is 1.71 bits per heavy atom. The summed E-state index contributed by atoms with van der Waals surface area (Å²) in [5, 5.41) is 6.15. The lowest BCUT2D eigenvalue weighted by atomic mass is 10.1. The molecule has 0 heterocycles. The van der Waals surface area contributed by atoms with E-state index in [1.165, 1.54) is 6.26 Å². The molecular weight excluding hydrogens is 324 g/mol. The standard InChI is InChI=1S/C18H22N2O3S/c1-3-19-12-16-6-4-5-7-17(16)20-18(21)15-10-8-14(9-11-15)13-24(2,22)23/h4-11,19H,3,12-13H2,1-2H3,(H,20,21). The van der Waals surface area contributed by atoms with Crippen molar-refractivity contribution in [3.8, 4) is 0 Å². The van der Waals surface area contributed by atoms with Crippen molar-refractivity contribution in [3.63, 3.8) is 0 Å². The van der Waals surface area contributed by atoms with Gasteiger partial charge in [-0.25, -0.2) is 8.42 Å². The third-order valence-corrected chi connectivity index (χ3v) is 4.33. The van der Waals surface area contributed by atoms with Crippen molar-refractivity contribution in [2.24, 2.45) is 0 Å². The van der Waals surface area contributed by atoms with E-state index < -0.39 is 9.84 Å². The number of para-hydroxylation sites is 1. The number of carbonyl (C=O) groups is 1. The lowest BCUT2D eigenvalue weighted by Gasteiger charge is -2.11. The first kappa shape index (κ1) is 18.2. The molecule has 24 heavy (non-hydrogen) atoms. The van der Waals surface area contributed by atoms with Crippen molar-refractivity contribution >= 4 is 21.4 Å². The van der Waals surface area contributed by atoms with E-state index in [0.29, 0.717) is 17.7 Å². The first-order chi connectivity index (χ1) is 11.4. The van der Waals surface area contributed by atoms with E-state index in [-0.39, 0.29) is 11.7 Å². The van der Waals surface area contributed by atoms with Gasteiger partial charge in [0.15, 0.2) is 9.84 Å². The number of amides is 1. The first-order valence-corrected chi connectivity index (χ1v) is 9.81. The molecule has 0 aromatic heterocycles. The van der Waals surface area contributed by atoms with Crippen LogP contribution in [-0.2, 0) is 22.1 Å². The van der Waals surface area contributed by atoms with Crippen molar-refractivity contribution in [1.82, 2.24) is 5.32 Å². The second-order valence-corrected chi connectivity index (χ2v) is 7.80. The summed E-state index contributed by atoms with van der Waals surface area (Å²) in [6.07, 6.45) is 1.19. The highest BCUT2D eigenvalue weighted by atomic mass is 32.2. The minimum absolute atomic E-state index is 0.0274. The zero-order valence-electron chi connectivity index (χ0n) is 13.9. The maximum absolute atomic E-state index is 12.4. The third kappa shape index (κ3) is 5.47. The van der Waals surface area contributed by atoms with Gasteiger partial charge in [-0.05, 0) is 35.9 Å². The highest BCUT2D eigenvalue weighted by Gasteiger charge is 2.10. The number of hydrogen-bond donors (Lipinski definition) is 2. The van der Waals surface area contributed by atoms with Gasteiger partial charge in [-0.3, -0.25) is 4.79 Å². The summed E-state index contributed by atoms with van der Waals surface area (Å²) in [4.78, 5) is 12.4. The summed E-state index contributed by atoms with van der Waals surface area (Å²) < 4.78 is 22.6. The van der Waals surface area contributed by atoms with Crippen LogP contribution in [0.4, 0.5) is 5.69 Å². The van der Waals surface area contributed by atoms with Gasteiger partial charge < -0.3 is 10.6 Å². The highest BCUT2D eigenvalue weighted by molar-refractivity contribution is 7.89. The predicted octanol–water partition coefficient (Wildman–Crippen LogP) is 2.59. The molecule has 2 aromatic carbocycles. The number of nitrogens with one attached hydrogen (secondary N) is 2. The van der Waals surface area contributed by atoms with Crippen LogP contribution < -0.4 is 10.6 Å². The second kappa shape index (κ2) is 8.08. The van der Waals surface area contributed by atoms with Crippen LogP contribution in [0.3, 0.4) is 0 Å². The molecule has 0 aliphatic heterocycles. The lowest BCUT2D eigenvalue weighted by molar-refractivity contribution is 0.102. The molecule has 2 aromatic rings. The number of sulfone groups is 1. The molecule has 0 aliphatic rings. The van der Waals surface area contributed by atoms with Gasteiger partial charge in [-0.1, -0.05) is 37.3 Å². The molecule has 0 radical (unpaired) electrons. The smallest absolute Gasteiger partial charge is 0.255 e. The molecule has 0 spiro atoms. The summed E-state index contributed by atoms with van der Waals surface area (Å²) in [5.74, 6) is -0.245. The van der Waals surface area contributed by atoms with Crippen molar-refractivity contribution in [3.05, 3.63) is 65.2 Å². The fourth-order valence-corrected chi connectivity index (χ4v) is 3.10. The fraction of sp³-hybridized carbons (Fsp3) is 0.278. The molecule has 0 saturated heterocycles. The molecule has 128 valence electrons. The molecule has 0 atom stereocenters. The van der Waals surface area contributed by atoms with Crippen molar-refractivity contribution < 1.29 is 13.2 Å². The number of hydrogen-bond acceptors (Lipinski definition) is 4. The van der Waals surface area contributed by atoms with Gasteiger partial charge in [0.1, 0.15) is 0 Å². The van der Waals surface area contributed by atoms with Gasteiger partial charge in [0.05, 0.1) is 5.75 Å². The molecule has 1 amide bonds. The number of rotatable bonds is 7. The molecule has 0 aliphatic carbocycles. The quantitative estimate of drug-likeness (QED) is 0.808.